The van der Waals surface area contributed by atoms with Crippen molar-refractivity contribution in [2.24, 2.45) is 0 Å². The first-order valence-electron chi connectivity index (χ1n) is 4.14. The fraction of sp³-hybridized carbons (Fsp3) is 0.300. The number of carbonyl (C=O) groups excluding carboxylic acids is 1. The van der Waals surface area contributed by atoms with Gasteiger partial charge in [0.1, 0.15) is 0 Å². The number of esters is 1. The minimum Gasteiger partial charge on any atom is -0.469 e. The van der Waals surface area contributed by atoms with E-state index in [-0.39, 0.29) is 6.42 Å². The number of hydrogen-bond donors (Lipinski definition) is 1. The Labute approximate surface area is 90.8 Å². The highest BCUT2D eigenvalue weighted by atomic mass is 79.9. The monoisotopic (exact) mass is 258 g/mol. The van der Waals surface area contributed by atoms with Crippen LogP contribution in [-0.2, 0) is 9.53 Å². The summed E-state index contributed by atoms with van der Waals surface area (Å²) in [6, 6.07) is 7.23. The standard InChI is InChI=1S/C10H11BrO3/c1-14-10(13)6-9(12)7-4-2-3-5-8(7)11/h2-5,9,12H,6H2,1H3/t9-/m1/s1. The predicted octanol–water partition coefficient (Wildman–Crippen LogP) is 2.05. The first-order valence-corrected chi connectivity index (χ1v) is 4.93. The van der Waals surface area contributed by atoms with Crippen molar-refractivity contribution < 1.29 is 14.6 Å². The molecule has 4 heteroatoms. The summed E-state index contributed by atoms with van der Waals surface area (Å²) in [5.74, 6) is -0.423. The van der Waals surface area contributed by atoms with E-state index in [9.17, 15) is 9.90 Å². The van der Waals surface area contributed by atoms with Crippen LogP contribution >= 0.6 is 15.9 Å². The Balaban J connectivity index is 2.74. The smallest absolute Gasteiger partial charge is 0.308 e. The number of aliphatic hydroxyl groups is 1. The maximum absolute atomic E-state index is 10.9. The number of hydrogen-bond acceptors (Lipinski definition) is 3. The van der Waals surface area contributed by atoms with Crippen molar-refractivity contribution in [3.63, 3.8) is 0 Å². The average molecular weight is 259 g/mol. The van der Waals surface area contributed by atoms with Crippen LogP contribution in [0.2, 0.25) is 0 Å². The topological polar surface area (TPSA) is 46.5 Å². The van der Waals surface area contributed by atoms with E-state index in [0.717, 1.165) is 4.47 Å². The van der Waals surface area contributed by atoms with Crippen LogP contribution in [0, 0.1) is 0 Å². The molecule has 0 heterocycles. The van der Waals surface area contributed by atoms with Crippen molar-refractivity contribution in [1.82, 2.24) is 0 Å². The van der Waals surface area contributed by atoms with Crippen molar-refractivity contribution in [2.45, 2.75) is 12.5 Å². The molecule has 0 saturated carbocycles. The predicted molar refractivity (Wildman–Crippen MR) is 55.7 cm³/mol. The van der Waals surface area contributed by atoms with E-state index in [1.54, 1.807) is 12.1 Å². The second-order valence-corrected chi connectivity index (χ2v) is 3.67. The summed E-state index contributed by atoms with van der Waals surface area (Å²) < 4.78 is 5.26. The van der Waals surface area contributed by atoms with Gasteiger partial charge in [0.05, 0.1) is 19.6 Å². The van der Waals surface area contributed by atoms with Gasteiger partial charge in [0, 0.05) is 4.47 Å². The number of rotatable bonds is 3. The molecule has 0 bridgehead atoms. The molecule has 1 aromatic rings. The first kappa shape index (κ1) is 11.2. The summed E-state index contributed by atoms with van der Waals surface area (Å²) in [5.41, 5.74) is 0.693. The Morgan fingerprint density at radius 2 is 2.21 bits per heavy atom. The van der Waals surface area contributed by atoms with E-state index in [1.807, 2.05) is 12.1 Å². The minimum absolute atomic E-state index is 0.0287. The molecule has 0 saturated heterocycles. The average Bonchev–Trinajstić information content (AvgIpc) is 2.18. The zero-order valence-corrected chi connectivity index (χ0v) is 9.32. The van der Waals surface area contributed by atoms with E-state index < -0.39 is 12.1 Å². The number of methoxy groups -OCH3 is 1. The highest BCUT2D eigenvalue weighted by molar-refractivity contribution is 9.10. The van der Waals surface area contributed by atoms with E-state index in [1.165, 1.54) is 7.11 Å². The van der Waals surface area contributed by atoms with Crippen LogP contribution in [0.1, 0.15) is 18.1 Å². The molecule has 0 aliphatic heterocycles. The molecular weight excluding hydrogens is 248 g/mol. The molecule has 3 nitrogen and oxygen atoms in total. The third-order valence-corrected chi connectivity index (χ3v) is 2.57. The number of benzene rings is 1. The quantitative estimate of drug-likeness (QED) is 0.845. The van der Waals surface area contributed by atoms with Gasteiger partial charge in [0.25, 0.3) is 0 Å². The molecule has 14 heavy (non-hydrogen) atoms. The Morgan fingerprint density at radius 1 is 1.57 bits per heavy atom. The highest BCUT2D eigenvalue weighted by Crippen LogP contribution is 2.25. The number of carbonyl (C=O) groups is 1. The second-order valence-electron chi connectivity index (χ2n) is 2.82. The van der Waals surface area contributed by atoms with Crippen LogP contribution in [0.3, 0.4) is 0 Å². The number of halogens is 1. The molecule has 0 aliphatic carbocycles. The molecule has 1 atom stereocenters. The van der Waals surface area contributed by atoms with Gasteiger partial charge in [-0.2, -0.15) is 0 Å². The molecule has 1 aromatic carbocycles. The molecule has 0 unspecified atom stereocenters. The van der Waals surface area contributed by atoms with Crippen molar-refractivity contribution >= 4 is 21.9 Å². The van der Waals surface area contributed by atoms with E-state index in [4.69, 9.17) is 0 Å². The van der Waals surface area contributed by atoms with E-state index in [2.05, 4.69) is 20.7 Å². The zero-order chi connectivity index (χ0) is 10.6. The Hall–Kier alpha value is -0.870. The molecule has 0 radical (unpaired) electrons. The van der Waals surface area contributed by atoms with Gasteiger partial charge in [-0.1, -0.05) is 34.1 Å². The fourth-order valence-corrected chi connectivity index (χ4v) is 1.65. The van der Waals surface area contributed by atoms with Crippen molar-refractivity contribution in [3.05, 3.63) is 34.3 Å². The third-order valence-electron chi connectivity index (χ3n) is 1.85. The van der Waals surface area contributed by atoms with Crippen LogP contribution in [0.15, 0.2) is 28.7 Å². The van der Waals surface area contributed by atoms with Gasteiger partial charge in [0.15, 0.2) is 0 Å². The van der Waals surface area contributed by atoms with E-state index in [0.29, 0.717) is 5.56 Å². The van der Waals surface area contributed by atoms with Crippen LogP contribution in [0.5, 0.6) is 0 Å². The molecule has 0 aliphatic rings. The summed E-state index contributed by atoms with van der Waals surface area (Å²) in [6.07, 6.45) is -0.850. The van der Waals surface area contributed by atoms with Gasteiger partial charge in [0.2, 0.25) is 0 Å². The zero-order valence-electron chi connectivity index (χ0n) is 7.74. The second kappa shape index (κ2) is 5.12. The third kappa shape index (κ3) is 2.82. The lowest BCUT2D eigenvalue weighted by Gasteiger charge is -2.10. The first-order chi connectivity index (χ1) is 6.65. The molecule has 0 spiro atoms. The lowest BCUT2D eigenvalue weighted by atomic mass is 10.1. The number of aliphatic hydroxyl groups excluding tert-OH is 1. The Kier molecular flexibility index (Phi) is 4.10. The summed E-state index contributed by atoms with van der Waals surface area (Å²) in [6.45, 7) is 0. The van der Waals surface area contributed by atoms with Crippen LogP contribution in [0.25, 0.3) is 0 Å². The van der Waals surface area contributed by atoms with Crippen molar-refractivity contribution in [1.29, 1.82) is 0 Å². The van der Waals surface area contributed by atoms with Crippen LogP contribution in [-0.4, -0.2) is 18.2 Å². The Bertz CT molecular complexity index is 325. The van der Waals surface area contributed by atoms with Gasteiger partial charge >= 0.3 is 5.97 Å². The van der Waals surface area contributed by atoms with Crippen LogP contribution in [0.4, 0.5) is 0 Å². The lowest BCUT2D eigenvalue weighted by Crippen LogP contribution is -2.08. The Morgan fingerprint density at radius 3 is 2.79 bits per heavy atom. The lowest BCUT2D eigenvalue weighted by molar-refractivity contribution is -0.142. The fourth-order valence-electron chi connectivity index (χ4n) is 1.10. The minimum atomic E-state index is -0.821. The SMILES string of the molecule is COC(=O)C[C@@H](O)c1ccccc1Br. The normalized spacial score (nSPS) is 12.2. The summed E-state index contributed by atoms with van der Waals surface area (Å²) in [5, 5.41) is 9.67. The maximum Gasteiger partial charge on any atom is 0.308 e. The molecular formula is C10H11BrO3. The van der Waals surface area contributed by atoms with E-state index >= 15 is 0 Å². The van der Waals surface area contributed by atoms with Gasteiger partial charge in [-0.3, -0.25) is 4.79 Å². The highest BCUT2D eigenvalue weighted by Gasteiger charge is 2.15. The van der Waals surface area contributed by atoms with Crippen molar-refractivity contribution in [2.75, 3.05) is 7.11 Å². The van der Waals surface area contributed by atoms with Gasteiger partial charge in [-0.25, -0.2) is 0 Å². The van der Waals surface area contributed by atoms with Gasteiger partial charge < -0.3 is 9.84 Å². The van der Waals surface area contributed by atoms with Gasteiger partial charge in [-0.15, -0.1) is 0 Å². The van der Waals surface area contributed by atoms with Gasteiger partial charge in [-0.05, 0) is 11.6 Å². The van der Waals surface area contributed by atoms with Crippen LogP contribution < -0.4 is 0 Å². The summed E-state index contributed by atoms with van der Waals surface area (Å²) >= 11 is 3.30. The number of ether oxygens (including phenoxy) is 1. The molecule has 76 valence electrons. The summed E-state index contributed by atoms with van der Waals surface area (Å²) in [4.78, 5) is 10.9. The summed E-state index contributed by atoms with van der Waals surface area (Å²) in [7, 11) is 1.30. The molecule has 0 fully saturated rings. The largest absolute Gasteiger partial charge is 0.469 e. The molecule has 1 rings (SSSR count). The molecule has 1 N–H and O–H groups in total. The molecule has 0 aromatic heterocycles. The molecule has 0 amide bonds. The maximum atomic E-state index is 10.9. The van der Waals surface area contributed by atoms with Crippen molar-refractivity contribution in [3.8, 4) is 0 Å².